The van der Waals surface area contributed by atoms with E-state index in [1.54, 1.807) is 0 Å². The topological polar surface area (TPSA) is 522 Å². The Kier molecular flexibility index (Phi) is 53.7. The van der Waals surface area contributed by atoms with E-state index in [0.717, 1.165) is 0 Å². The molecule has 0 aliphatic carbocycles. The minimum atomic E-state index is -4.67. The van der Waals surface area contributed by atoms with Gasteiger partial charge in [-0.05, 0) is 0 Å². The van der Waals surface area contributed by atoms with Gasteiger partial charge in [-0.1, -0.05) is 0 Å². The van der Waals surface area contributed by atoms with Crippen molar-refractivity contribution >= 4 is 186 Å². The van der Waals surface area contributed by atoms with Crippen LogP contribution in [0.5, 0.6) is 0 Å². The number of rotatable bonds is 0. The Labute approximate surface area is 303 Å². The van der Waals surface area contributed by atoms with Crippen LogP contribution in [-0.4, -0.2) is 236 Å². The molecule has 28 nitrogen and oxygen atoms in total. The van der Waals surface area contributed by atoms with Crippen molar-refractivity contribution < 1.29 is 123 Å². The Balaban J connectivity index is -0.0000000297. The molecule has 0 saturated heterocycles. The van der Waals surface area contributed by atoms with E-state index in [1.165, 1.54) is 0 Å². The Bertz CT molecular complexity index is 918. The van der Waals surface area contributed by atoms with Gasteiger partial charge in [0.15, 0.2) is 0 Å². The van der Waals surface area contributed by atoms with Crippen molar-refractivity contribution in [1.29, 1.82) is 0 Å². The third-order valence-electron chi connectivity index (χ3n) is 0. The predicted molar refractivity (Wildman–Crippen MR) is 125 cm³/mol. The molecule has 38 heteroatoms. The Morgan fingerprint density at radius 2 is 0.184 bits per heavy atom. The third kappa shape index (κ3) is 6770. The molecule has 0 aliphatic heterocycles. The molecule has 0 bridgehead atoms. The molecule has 0 atom stereocenters. The summed E-state index contributed by atoms with van der Waals surface area (Å²) in [6.07, 6.45) is 0. The second kappa shape index (κ2) is 29.9. The van der Waals surface area contributed by atoms with Crippen LogP contribution in [0.15, 0.2) is 0 Å². The standard InChI is InChI=1S/3Ca.7H2O4S.6H/c;;;7*1-5(2,3)4;;;;;;/h;;;7*(H2,1,2,3,4);;;;;;. The van der Waals surface area contributed by atoms with Gasteiger partial charge in [-0.3, -0.25) is 63.7 Å². The fraction of sp³-hybridized carbons (Fsp3) is 0. The van der Waals surface area contributed by atoms with E-state index in [4.69, 9.17) is 123 Å². The molecular weight excluding hydrogens is 793 g/mol. The van der Waals surface area contributed by atoms with Crippen molar-refractivity contribution in [2.45, 2.75) is 0 Å². The quantitative estimate of drug-likeness (QED) is 0.0798. The summed E-state index contributed by atoms with van der Waals surface area (Å²) in [5.74, 6) is 0. The summed E-state index contributed by atoms with van der Waals surface area (Å²) >= 11 is 0. The van der Waals surface area contributed by atoms with Gasteiger partial charge in [-0.25, -0.2) is 0 Å². The van der Waals surface area contributed by atoms with Gasteiger partial charge in [0.1, 0.15) is 0 Å². The van der Waals surface area contributed by atoms with E-state index >= 15 is 0 Å². The van der Waals surface area contributed by atoms with Crippen LogP contribution in [0, 0.1) is 0 Å². The van der Waals surface area contributed by atoms with Crippen molar-refractivity contribution in [3.8, 4) is 0 Å². The summed E-state index contributed by atoms with van der Waals surface area (Å²) < 4.78 is 221. The predicted octanol–water partition coefficient (Wildman–Crippen LogP) is -7.32. The molecule has 14 N–H and O–H groups in total. The average molecular weight is 813 g/mol. The van der Waals surface area contributed by atoms with E-state index in [9.17, 15) is 0 Å². The molecule has 0 fully saturated rings. The summed E-state index contributed by atoms with van der Waals surface area (Å²) in [7, 11) is -32.7. The Morgan fingerprint density at radius 3 is 0.184 bits per heavy atom. The van der Waals surface area contributed by atoms with Crippen LogP contribution >= 0.6 is 0 Å². The normalized spacial score (nSPS) is 10.7. The van der Waals surface area contributed by atoms with E-state index in [1.807, 2.05) is 0 Å². The summed E-state index contributed by atoms with van der Waals surface area (Å²) in [5.41, 5.74) is 0. The van der Waals surface area contributed by atoms with E-state index in [0.29, 0.717) is 0 Å². The van der Waals surface area contributed by atoms with Gasteiger partial charge in [0.05, 0.1) is 0 Å². The van der Waals surface area contributed by atoms with Crippen molar-refractivity contribution in [2.24, 2.45) is 0 Å². The van der Waals surface area contributed by atoms with Crippen molar-refractivity contribution in [1.82, 2.24) is 0 Å². The molecule has 0 radical (unpaired) electrons. The summed E-state index contributed by atoms with van der Waals surface area (Å²) in [6, 6.07) is 0. The van der Waals surface area contributed by atoms with E-state index in [-0.39, 0.29) is 113 Å². The van der Waals surface area contributed by atoms with Gasteiger partial charge in [0.25, 0.3) is 0 Å². The first-order valence-corrected chi connectivity index (χ1v) is 14.7. The van der Waals surface area contributed by atoms with Crippen LogP contribution in [-0.2, 0) is 72.8 Å². The number of hydrogen-bond acceptors (Lipinski definition) is 14. The second-order valence-corrected chi connectivity index (χ2v) is 9.40. The first-order chi connectivity index (χ1) is 14.0. The molecule has 0 aromatic heterocycles. The summed E-state index contributed by atoms with van der Waals surface area (Å²) in [5, 5.41) is 0. The molecule has 236 valence electrons. The van der Waals surface area contributed by atoms with Crippen LogP contribution < -0.4 is 0 Å². The SMILES string of the molecule is O=S(=O)(O)O.O=S(=O)(O)O.O=S(=O)(O)O.O=S(=O)(O)O.O=S(=O)(O)O.O=S(=O)(O)O.O=S(=O)(O)O.[CaH2].[CaH2].[CaH2]. The molecule has 0 heterocycles. The van der Waals surface area contributed by atoms with Crippen molar-refractivity contribution in [3.63, 3.8) is 0 Å². The first-order valence-electron chi connectivity index (χ1n) is 4.89. The van der Waals surface area contributed by atoms with Gasteiger partial charge in [0, 0.05) is 0 Å². The monoisotopic (exact) mass is 812 g/mol. The zero-order valence-electron chi connectivity index (χ0n) is 14.8. The van der Waals surface area contributed by atoms with Gasteiger partial charge in [-0.2, -0.15) is 58.9 Å². The van der Waals surface area contributed by atoms with Gasteiger partial charge >= 0.3 is 186 Å². The van der Waals surface area contributed by atoms with Crippen LogP contribution in [0.3, 0.4) is 0 Å². The molecule has 0 saturated carbocycles. The summed E-state index contributed by atoms with van der Waals surface area (Å²) in [4.78, 5) is 0. The van der Waals surface area contributed by atoms with Crippen LogP contribution in [0.2, 0.25) is 0 Å². The fourth-order valence-electron chi connectivity index (χ4n) is 0. The Hall–Kier alpha value is 2.87. The summed E-state index contributed by atoms with van der Waals surface area (Å²) in [6.45, 7) is 0. The molecule has 38 heavy (non-hydrogen) atoms. The van der Waals surface area contributed by atoms with Gasteiger partial charge in [0.2, 0.25) is 0 Å². The molecule has 0 rings (SSSR count). The van der Waals surface area contributed by atoms with Crippen LogP contribution in [0.1, 0.15) is 0 Å². The van der Waals surface area contributed by atoms with Crippen LogP contribution in [0.4, 0.5) is 0 Å². The maximum atomic E-state index is 8.74. The molecule has 0 aromatic carbocycles. The average Bonchev–Trinajstić information content (AvgIpc) is 2.06. The molecular formula is H20Ca3O28S7. The Morgan fingerprint density at radius 1 is 0.184 bits per heavy atom. The fourth-order valence-corrected chi connectivity index (χ4v) is 0. The zero-order valence-corrected chi connectivity index (χ0v) is 20.5. The molecule has 0 unspecified atom stereocenters. The van der Waals surface area contributed by atoms with E-state index in [2.05, 4.69) is 0 Å². The molecule has 0 aliphatic rings. The maximum absolute atomic E-state index is 8.74. The van der Waals surface area contributed by atoms with Crippen LogP contribution in [0.25, 0.3) is 0 Å². The third-order valence-corrected chi connectivity index (χ3v) is 0. The van der Waals surface area contributed by atoms with Gasteiger partial charge in [-0.15, -0.1) is 0 Å². The minimum absolute atomic E-state index is 0. The molecule has 0 aromatic rings. The number of hydrogen-bond donors (Lipinski definition) is 14. The first kappa shape index (κ1) is 68.2. The molecule has 0 spiro atoms. The van der Waals surface area contributed by atoms with Crippen molar-refractivity contribution in [3.05, 3.63) is 0 Å². The second-order valence-electron chi connectivity index (χ2n) is 3.13. The molecule has 0 amide bonds. The van der Waals surface area contributed by atoms with E-state index < -0.39 is 72.8 Å². The van der Waals surface area contributed by atoms with Crippen molar-refractivity contribution in [2.75, 3.05) is 0 Å². The van der Waals surface area contributed by atoms with Gasteiger partial charge < -0.3 is 0 Å². The zero-order chi connectivity index (χ0) is 31.5.